The Labute approximate surface area is 95.4 Å². The minimum absolute atomic E-state index is 0.0954. The summed E-state index contributed by atoms with van der Waals surface area (Å²) in [5.41, 5.74) is -0.312. The molecule has 0 bridgehead atoms. The van der Waals surface area contributed by atoms with E-state index in [-0.39, 0.29) is 11.3 Å². The predicted molar refractivity (Wildman–Crippen MR) is 58.9 cm³/mol. The fourth-order valence-electron chi connectivity index (χ4n) is 3.18. The van der Waals surface area contributed by atoms with Crippen LogP contribution in [0.15, 0.2) is 0 Å². The summed E-state index contributed by atoms with van der Waals surface area (Å²) in [6.45, 7) is 2.21. The Balaban J connectivity index is 2.20. The molecule has 2 rings (SSSR count). The monoisotopic (exact) mass is 225 g/mol. The van der Waals surface area contributed by atoms with Crippen molar-refractivity contribution >= 4 is 11.9 Å². The molecular formula is C12H19NO3. The third-order valence-corrected chi connectivity index (χ3v) is 4.18. The van der Waals surface area contributed by atoms with Gasteiger partial charge in [-0.25, -0.2) is 4.79 Å². The van der Waals surface area contributed by atoms with E-state index >= 15 is 0 Å². The molecule has 0 radical (unpaired) electrons. The van der Waals surface area contributed by atoms with Gasteiger partial charge in [0.1, 0.15) is 6.04 Å². The lowest BCUT2D eigenvalue weighted by atomic mass is 9.74. The van der Waals surface area contributed by atoms with Gasteiger partial charge >= 0.3 is 5.97 Å². The molecule has 1 saturated heterocycles. The number of amides is 1. The zero-order valence-corrected chi connectivity index (χ0v) is 9.66. The first-order chi connectivity index (χ1) is 7.53. The smallest absolute Gasteiger partial charge is 0.326 e. The molecule has 4 nitrogen and oxygen atoms in total. The molecule has 0 aromatic heterocycles. The molecule has 2 aliphatic rings. The van der Waals surface area contributed by atoms with Crippen molar-refractivity contribution in [3.63, 3.8) is 0 Å². The molecule has 4 heteroatoms. The van der Waals surface area contributed by atoms with Crippen LogP contribution in [0.3, 0.4) is 0 Å². The van der Waals surface area contributed by atoms with Crippen LogP contribution in [0, 0.1) is 11.3 Å². The summed E-state index contributed by atoms with van der Waals surface area (Å²) >= 11 is 0. The van der Waals surface area contributed by atoms with E-state index in [1.54, 1.807) is 0 Å². The number of rotatable bonds is 1. The van der Waals surface area contributed by atoms with Crippen molar-refractivity contribution in [3.05, 3.63) is 0 Å². The zero-order valence-electron chi connectivity index (χ0n) is 9.66. The first kappa shape index (κ1) is 11.4. The Kier molecular flexibility index (Phi) is 2.91. The van der Waals surface area contributed by atoms with E-state index in [2.05, 4.69) is 12.2 Å². The number of aliphatic carboxylic acids is 1. The van der Waals surface area contributed by atoms with Gasteiger partial charge in [0.15, 0.2) is 0 Å². The maximum absolute atomic E-state index is 11.5. The van der Waals surface area contributed by atoms with E-state index in [0.29, 0.717) is 12.3 Å². The van der Waals surface area contributed by atoms with Crippen LogP contribution < -0.4 is 5.32 Å². The molecule has 16 heavy (non-hydrogen) atoms. The van der Waals surface area contributed by atoms with Gasteiger partial charge in [-0.2, -0.15) is 0 Å². The van der Waals surface area contributed by atoms with Gasteiger partial charge in [0.25, 0.3) is 0 Å². The van der Waals surface area contributed by atoms with Crippen LogP contribution >= 0.6 is 0 Å². The molecule has 1 heterocycles. The van der Waals surface area contributed by atoms with E-state index in [1.165, 1.54) is 0 Å². The van der Waals surface area contributed by atoms with Crippen LogP contribution in [0.2, 0.25) is 0 Å². The standard InChI is InChI=1S/C12H19NO3/c1-8-3-2-5-12(6-4-8)7-9(14)13-10(12)11(15)16/h8,10H,2-7H2,1H3,(H,13,14)(H,15,16). The molecule has 0 aromatic carbocycles. The summed E-state index contributed by atoms with van der Waals surface area (Å²) in [6, 6.07) is -0.662. The molecule has 2 N–H and O–H groups in total. The molecule has 1 amide bonds. The topological polar surface area (TPSA) is 66.4 Å². The summed E-state index contributed by atoms with van der Waals surface area (Å²) in [4.78, 5) is 22.7. The fraction of sp³-hybridized carbons (Fsp3) is 0.833. The minimum Gasteiger partial charge on any atom is -0.480 e. The molecule has 3 atom stereocenters. The van der Waals surface area contributed by atoms with Crippen LogP contribution in [0.1, 0.15) is 45.4 Å². The Morgan fingerprint density at radius 3 is 2.88 bits per heavy atom. The van der Waals surface area contributed by atoms with E-state index in [9.17, 15) is 14.7 Å². The lowest BCUT2D eigenvalue weighted by Gasteiger charge is -2.30. The Bertz CT molecular complexity index is 315. The van der Waals surface area contributed by atoms with Crippen LogP contribution in [0.5, 0.6) is 0 Å². The maximum atomic E-state index is 11.5. The van der Waals surface area contributed by atoms with Crippen LogP contribution in [0.25, 0.3) is 0 Å². The van der Waals surface area contributed by atoms with Crippen LogP contribution in [-0.4, -0.2) is 23.0 Å². The van der Waals surface area contributed by atoms with Gasteiger partial charge in [-0.3, -0.25) is 4.79 Å². The van der Waals surface area contributed by atoms with Crippen LogP contribution in [-0.2, 0) is 9.59 Å². The largest absolute Gasteiger partial charge is 0.480 e. The van der Waals surface area contributed by atoms with Crippen molar-refractivity contribution in [1.82, 2.24) is 5.32 Å². The number of hydrogen-bond donors (Lipinski definition) is 2. The van der Waals surface area contributed by atoms with Crippen LogP contribution in [0.4, 0.5) is 0 Å². The van der Waals surface area contributed by atoms with E-state index < -0.39 is 12.0 Å². The SMILES string of the molecule is CC1CCCC2(CC1)CC(=O)NC2C(=O)O. The predicted octanol–water partition coefficient (Wildman–Crippen LogP) is 1.55. The summed E-state index contributed by atoms with van der Waals surface area (Å²) < 4.78 is 0. The van der Waals surface area contributed by atoms with Gasteiger partial charge in [0, 0.05) is 11.8 Å². The Hall–Kier alpha value is -1.06. The van der Waals surface area contributed by atoms with Gasteiger partial charge in [0.2, 0.25) is 5.91 Å². The van der Waals surface area contributed by atoms with Gasteiger partial charge in [-0.15, -0.1) is 0 Å². The highest BCUT2D eigenvalue weighted by atomic mass is 16.4. The van der Waals surface area contributed by atoms with Crippen molar-refractivity contribution in [3.8, 4) is 0 Å². The summed E-state index contributed by atoms with van der Waals surface area (Å²) in [7, 11) is 0. The molecular weight excluding hydrogens is 206 g/mol. The van der Waals surface area contributed by atoms with Crippen molar-refractivity contribution in [2.75, 3.05) is 0 Å². The second-order valence-corrected chi connectivity index (χ2v) is 5.41. The minimum atomic E-state index is -0.875. The molecule has 1 aliphatic carbocycles. The van der Waals surface area contributed by atoms with Gasteiger partial charge in [-0.1, -0.05) is 26.2 Å². The molecule has 3 unspecified atom stereocenters. The molecule has 1 saturated carbocycles. The van der Waals surface area contributed by atoms with Crippen molar-refractivity contribution < 1.29 is 14.7 Å². The Morgan fingerprint density at radius 1 is 1.44 bits per heavy atom. The molecule has 1 spiro atoms. The molecule has 2 fully saturated rings. The second-order valence-electron chi connectivity index (χ2n) is 5.41. The number of hydrogen-bond acceptors (Lipinski definition) is 2. The van der Waals surface area contributed by atoms with Crippen molar-refractivity contribution in [2.24, 2.45) is 11.3 Å². The summed E-state index contributed by atoms with van der Waals surface area (Å²) in [5.74, 6) is -0.313. The first-order valence-electron chi connectivity index (χ1n) is 6.06. The fourth-order valence-corrected chi connectivity index (χ4v) is 3.18. The Morgan fingerprint density at radius 2 is 2.19 bits per heavy atom. The number of carboxylic acids is 1. The van der Waals surface area contributed by atoms with E-state index in [0.717, 1.165) is 32.1 Å². The first-order valence-corrected chi connectivity index (χ1v) is 6.06. The molecule has 1 aliphatic heterocycles. The highest BCUT2D eigenvalue weighted by Gasteiger charge is 2.50. The normalized spacial score (nSPS) is 39.4. The van der Waals surface area contributed by atoms with Gasteiger partial charge in [0.05, 0.1) is 0 Å². The van der Waals surface area contributed by atoms with Crippen molar-refractivity contribution in [2.45, 2.75) is 51.5 Å². The third kappa shape index (κ3) is 1.93. The number of carbonyl (C=O) groups is 2. The van der Waals surface area contributed by atoms with Gasteiger partial charge < -0.3 is 10.4 Å². The lowest BCUT2D eigenvalue weighted by Crippen LogP contribution is -2.43. The second kappa shape index (κ2) is 4.07. The van der Waals surface area contributed by atoms with E-state index in [1.807, 2.05) is 0 Å². The zero-order chi connectivity index (χ0) is 11.8. The average Bonchev–Trinajstić information content (AvgIpc) is 2.42. The number of nitrogens with one attached hydrogen (secondary N) is 1. The molecule has 90 valence electrons. The highest BCUT2D eigenvalue weighted by Crippen LogP contribution is 2.45. The quantitative estimate of drug-likeness (QED) is 0.711. The number of carboxylic acid groups (broad SMARTS) is 1. The average molecular weight is 225 g/mol. The lowest BCUT2D eigenvalue weighted by molar-refractivity contribution is -0.142. The van der Waals surface area contributed by atoms with Gasteiger partial charge in [-0.05, 0) is 18.8 Å². The highest BCUT2D eigenvalue weighted by molar-refractivity contribution is 5.89. The third-order valence-electron chi connectivity index (χ3n) is 4.18. The van der Waals surface area contributed by atoms with Crippen molar-refractivity contribution in [1.29, 1.82) is 0 Å². The van der Waals surface area contributed by atoms with E-state index in [4.69, 9.17) is 0 Å². The maximum Gasteiger partial charge on any atom is 0.326 e. The summed E-state index contributed by atoms with van der Waals surface area (Å²) in [5, 5.41) is 11.8. The number of carbonyl (C=O) groups excluding carboxylic acids is 1. The molecule has 0 aromatic rings. The summed E-state index contributed by atoms with van der Waals surface area (Å²) in [6.07, 6.45) is 5.37.